The van der Waals surface area contributed by atoms with Crippen LogP contribution in [0.3, 0.4) is 0 Å². The molecule has 0 bridgehead atoms. The fourth-order valence-electron chi connectivity index (χ4n) is 11.7. The Labute approximate surface area is 440 Å². The van der Waals surface area contributed by atoms with E-state index in [9.17, 15) is 0 Å². The molecule has 15 rings (SSSR count). The summed E-state index contributed by atoms with van der Waals surface area (Å²) >= 11 is 0. The fourth-order valence-corrected chi connectivity index (χ4v) is 11.7. The van der Waals surface area contributed by atoms with Gasteiger partial charge in [-0.2, -0.15) is 9.97 Å². The highest BCUT2D eigenvalue weighted by molar-refractivity contribution is 6.91. The summed E-state index contributed by atoms with van der Waals surface area (Å²) in [5.41, 5.74) is 18.7. The average Bonchev–Trinajstić information content (AvgIpc) is 4.17. The number of fused-ring (bicyclic) bond motifs is 9. The zero-order valence-corrected chi connectivity index (χ0v) is 41.2. The Morgan fingerprint density at radius 3 is 1.22 bits per heavy atom. The third kappa shape index (κ3) is 7.16. The molecule has 7 heteroatoms. The van der Waals surface area contributed by atoms with Gasteiger partial charge in [-0.1, -0.05) is 218 Å². The lowest BCUT2D eigenvalue weighted by Crippen LogP contribution is -2.58. The molecule has 0 N–H and O–H groups in total. The van der Waals surface area contributed by atoms with E-state index in [1.54, 1.807) is 0 Å². The Kier molecular flexibility index (Phi) is 10.2. The predicted octanol–water partition coefficient (Wildman–Crippen LogP) is 15.7. The lowest BCUT2D eigenvalue weighted by Gasteiger charge is -2.38. The summed E-state index contributed by atoms with van der Waals surface area (Å²) in [6.07, 6.45) is 0. The van der Waals surface area contributed by atoms with Gasteiger partial charge in [0, 0.05) is 55.3 Å². The van der Waals surface area contributed by atoms with Gasteiger partial charge in [0.2, 0.25) is 5.95 Å². The van der Waals surface area contributed by atoms with Crippen molar-refractivity contribution >= 4 is 73.0 Å². The molecule has 0 unspecified atom stereocenters. The molecule has 76 heavy (non-hydrogen) atoms. The summed E-state index contributed by atoms with van der Waals surface area (Å²) in [5, 5.41) is 4.72. The van der Waals surface area contributed by atoms with Gasteiger partial charge in [0.05, 0.1) is 22.1 Å². The highest BCUT2D eigenvalue weighted by Crippen LogP contribution is 2.47. The number of hydrogen-bond acceptors (Lipinski definition) is 4. The van der Waals surface area contributed by atoms with Crippen molar-refractivity contribution in [1.29, 1.82) is 0 Å². The molecule has 14 aromatic rings. The normalized spacial score (nSPS) is 12.2. The van der Waals surface area contributed by atoms with E-state index in [0.29, 0.717) is 17.6 Å². The van der Waals surface area contributed by atoms with Gasteiger partial charge in [0.25, 0.3) is 0 Å². The van der Waals surface area contributed by atoms with Gasteiger partial charge in [0.1, 0.15) is 0 Å². The molecule has 0 saturated heterocycles. The monoisotopic (exact) mass is 968 g/mol. The largest absolute Gasteiger partial charge is 0.345 e. The van der Waals surface area contributed by atoms with Crippen molar-refractivity contribution in [2.45, 2.75) is 0 Å². The second-order valence-electron chi connectivity index (χ2n) is 19.6. The molecule has 354 valence electrons. The molecule has 0 fully saturated rings. The van der Waals surface area contributed by atoms with Crippen LogP contribution in [0.15, 0.2) is 273 Å². The van der Waals surface area contributed by atoms with E-state index >= 15 is 0 Å². The standard InChI is InChI=1S/C69H45BN6/c1-6-22-46(23-7-1)50-30-20-34-53(40-50)74-62-38-18-16-36-55(62)58-42-57-60-43-59-56-37-17-19-39-63(56)75(54-35-21-31-51(41-54)47-24-8-2-9-25-47)65(59)45-66(60)76(70(61(57)44-64(58)74)52-32-14-5-15-33-52)69-72-67(48-26-10-3-11-27-48)71-68(73-69)49-28-12-4-13-29-49/h1-45H. The van der Waals surface area contributed by atoms with Gasteiger partial charge >= 0.3 is 6.85 Å². The highest BCUT2D eigenvalue weighted by atomic mass is 15.3. The van der Waals surface area contributed by atoms with Gasteiger partial charge in [-0.3, -0.25) is 0 Å². The first kappa shape index (κ1) is 43.5. The number of benzene rings is 11. The van der Waals surface area contributed by atoms with Crippen LogP contribution < -0.4 is 15.7 Å². The van der Waals surface area contributed by atoms with Gasteiger partial charge in [-0.05, 0) is 93.9 Å². The topological polar surface area (TPSA) is 51.8 Å². The number of rotatable bonds is 8. The molecule has 0 spiro atoms. The maximum atomic E-state index is 5.54. The van der Waals surface area contributed by atoms with Crippen molar-refractivity contribution in [3.05, 3.63) is 273 Å². The molecule has 0 aliphatic carbocycles. The molecule has 6 nitrogen and oxygen atoms in total. The summed E-state index contributed by atoms with van der Waals surface area (Å²) < 4.78 is 4.88. The molecule has 0 amide bonds. The summed E-state index contributed by atoms with van der Waals surface area (Å²) in [5.74, 6) is 1.76. The summed E-state index contributed by atoms with van der Waals surface area (Å²) in [4.78, 5) is 18.7. The Bertz CT molecular complexity index is 4460. The maximum absolute atomic E-state index is 5.54. The molecule has 0 radical (unpaired) electrons. The average molecular weight is 969 g/mol. The molecular formula is C69H45BN6. The number of anilines is 2. The minimum Gasteiger partial charge on any atom is -0.345 e. The zero-order chi connectivity index (χ0) is 50.1. The van der Waals surface area contributed by atoms with Crippen LogP contribution in [0, 0.1) is 0 Å². The van der Waals surface area contributed by atoms with E-state index in [0.717, 1.165) is 83.3 Å². The van der Waals surface area contributed by atoms with Crippen LogP contribution in [-0.4, -0.2) is 30.9 Å². The third-order valence-electron chi connectivity index (χ3n) is 15.2. The minimum absolute atomic E-state index is 0.374. The Morgan fingerprint density at radius 2 is 0.711 bits per heavy atom. The third-order valence-corrected chi connectivity index (χ3v) is 15.2. The quantitative estimate of drug-likeness (QED) is 0.142. The van der Waals surface area contributed by atoms with Gasteiger partial charge in [-0.15, -0.1) is 0 Å². The highest BCUT2D eigenvalue weighted by Gasteiger charge is 2.40. The number of aromatic nitrogens is 5. The predicted molar refractivity (Wildman–Crippen MR) is 316 cm³/mol. The van der Waals surface area contributed by atoms with Crippen molar-refractivity contribution < 1.29 is 0 Å². The van der Waals surface area contributed by atoms with Gasteiger partial charge in [0.15, 0.2) is 11.6 Å². The van der Waals surface area contributed by atoms with Crippen LogP contribution >= 0.6 is 0 Å². The van der Waals surface area contributed by atoms with Crippen LogP contribution in [0.25, 0.3) is 111 Å². The summed E-state index contributed by atoms with van der Waals surface area (Å²) in [7, 11) is 0. The maximum Gasteiger partial charge on any atom is 0.332 e. The first-order valence-corrected chi connectivity index (χ1v) is 25.9. The lowest BCUT2D eigenvalue weighted by atomic mass is 9.46. The number of hydrogen-bond donors (Lipinski definition) is 0. The van der Waals surface area contributed by atoms with E-state index in [4.69, 9.17) is 15.0 Å². The summed E-state index contributed by atoms with van der Waals surface area (Å²) in [6, 6.07) is 98.0. The first-order chi connectivity index (χ1) is 37.7. The van der Waals surface area contributed by atoms with E-state index in [-0.39, 0.29) is 6.85 Å². The van der Waals surface area contributed by atoms with Crippen molar-refractivity contribution in [3.8, 4) is 67.5 Å². The van der Waals surface area contributed by atoms with E-state index in [1.165, 1.54) is 32.8 Å². The molecule has 1 aliphatic rings. The Morgan fingerprint density at radius 1 is 0.289 bits per heavy atom. The van der Waals surface area contributed by atoms with Crippen molar-refractivity contribution in [2.24, 2.45) is 0 Å². The fraction of sp³-hybridized carbons (Fsp3) is 0. The van der Waals surface area contributed by atoms with Crippen LogP contribution in [0.1, 0.15) is 0 Å². The Hall–Kier alpha value is -10.1. The van der Waals surface area contributed by atoms with Crippen LogP contribution in [0.5, 0.6) is 0 Å². The SMILES string of the molecule is c1ccc(B2c3cc4c(cc3-c3cc5c6ccccc6n(-c6cccc(-c7ccccc7)c6)c5cc3N2c2nc(-c3ccccc3)nc(-c3ccccc3)n2)c2ccccc2n4-c2cccc(-c3ccccc3)c2)cc1. The molecule has 0 saturated carbocycles. The second kappa shape index (κ2) is 17.8. The molecule has 11 aromatic carbocycles. The molecule has 4 heterocycles. The van der Waals surface area contributed by atoms with Crippen LogP contribution in [-0.2, 0) is 0 Å². The molecule has 0 atom stereocenters. The molecule has 1 aliphatic heterocycles. The van der Waals surface area contributed by atoms with Crippen molar-refractivity contribution in [3.63, 3.8) is 0 Å². The Balaban J connectivity index is 1.07. The summed E-state index contributed by atoms with van der Waals surface area (Å²) in [6.45, 7) is -0.374. The number of para-hydroxylation sites is 2. The zero-order valence-electron chi connectivity index (χ0n) is 41.2. The first-order valence-electron chi connectivity index (χ1n) is 25.9. The minimum atomic E-state index is -0.374. The second-order valence-corrected chi connectivity index (χ2v) is 19.6. The van der Waals surface area contributed by atoms with Crippen molar-refractivity contribution in [1.82, 2.24) is 24.1 Å². The lowest BCUT2D eigenvalue weighted by molar-refractivity contribution is 1.04. The van der Waals surface area contributed by atoms with Crippen LogP contribution in [0.2, 0.25) is 0 Å². The van der Waals surface area contributed by atoms with E-state index in [2.05, 4.69) is 251 Å². The van der Waals surface area contributed by atoms with Gasteiger partial charge < -0.3 is 13.9 Å². The van der Waals surface area contributed by atoms with Crippen molar-refractivity contribution in [2.75, 3.05) is 4.81 Å². The smallest absolute Gasteiger partial charge is 0.332 e. The molecular weight excluding hydrogens is 924 g/mol. The van der Waals surface area contributed by atoms with Crippen LogP contribution in [0.4, 0.5) is 11.6 Å². The molecule has 3 aromatic heterocycles. The van der Waals surface area contributed by atoms with Gasteiger partial charge in [-0.25, -0.2) is 4.98 Å². The number of nitrogens with zero attached hydrogens (tertiary/aromatic N) is 6. The van der Waals surface area contributed by atoms with E-state index < -0.39 is 0 Å². The van der Waals surface area contributed by atoms with E-state index in [1.807, 2.05) is 36.4 Å².